The van der Waals surface area contributed by atoms with E-state index in [0.717, 1.165) is 64.2 Å². The summed E-state index contributed by atoms with van der Waals surface area (Å²) in [7, 11) is -4.82. The molecule has 5 N–H and O–H groups in total. The zero-order valence-electron chi connectivity index (χ0n) is 32.5. The lowest BCUT2D eigenvalue weighted by molar-refractivity contribution is -0.161. The summed E-state index contributed by atoms with van der Waals surface area (Å²) in [6, 6.07) is 0. The standard InChI is InChI=1S/C41H71O11P/c1-3-5-7-8-9-10-11-12-13-14-15-16-17-18-24-28-41(46)52-35(33-51-53(47,48)49)32-50-40(45)27-23-20-19-22-26-36-37(39(44)31-38(36)43)30-29-34(42)25-21-6-4-2/h9-10,12-13,19,22,29-30,34-39,42-44H,3-8,11,14-18,20-21,23-28,31-33H2,1-2H3,(H2,47,48,49)/b10-9-,13-12-,22-19+,30-29+/t34-,35+,36+,37+,38-,39+/m0/s1. The van der Waals surface area contributed by atoms with Crippen molar-refractivity contribution >= 4 is 19.8 Å². The van der Waals surface area contributed by atoms with E-state index in [1.165, 1.54) is 19.3 Å². The van der Waals surface area contributed by atoms with Gasteiger partial charge in [0.1, 0.15) is 6.61 Å². The molecular weight excluding hydrogens is 699 g/mol. The van der Waals surface area contributed by atoms with Gasteiger partial charge in [-0.05, 0) is 70.1 Å². The van der Waals surface area contributed by atoms with Crippen molar-refractivity contribution in [3.63, 3.8) is 0 Å². The minimum Gasteiger partial charge on any atom is -0.462 e. The van der Waals surface area contributed by atoms with E-state index in [4.69, 9.17) is 19.3 Å². The predicted octanol–water partition coefficient (Wildman–Crippen LogP) is 8.34. The van der Waals surface area contributed by atoms with E-state index in [1.807, 2.05) is 18.2 Å². The fourth-order valence-electron chi connectivity index (χ4n) is 6.28. The number of unbranched alkanes of at least 4 members (excludes halogenated alkanes) is 11. The molecular formula is C41H71O11P. The van der Waals surface area contributed by atoms with E-state index in [2.05, 4.69) is 42.7 Å². The van der Waals surface area contributed by atoms with Gasteiger partial charge in [-0.15, -0.1) is 0 Å². The Morgan fingerprint density at radius 1 is 0.736 bits per heavy atom. The molecule has 1 saturated carbocycles. The Morgan fingerprint density at radius 3 is 2.04 bits per heavy atom. The van der Waals surface area contributed by atoms with E-state index in [9.17, 15) is 29.5 Å². The summed E-state index contributed by atoms with van der Waals surface area (Å²) in [5, 5.41) is 31.1. The van der Waals surface area contributed by atoms with Gasteiger partial charge in [-0.25, -0.2) is 4.57 Å². The summed E-state index contributed by atoms with van der Waals surface area (Å²) in [6.45, 7) is 3.33. The molecule has 0 spiro atoms. The molecule has 0 unspecified atom stereocenters. The lowest BCUT2D eigenvalue weighted by Crippen LogP contribution is -2.29. The number of phosphoric acid groups is 1. The van der Waals surface area contributed by atoms with Gasteiger partial charge in [0.2, 0.25) is 0 Å². The van der Waals surface area contributed by atoms with Crippen LogP contribution in [0.25, 0.3) is 0 Å². The second-order valence-corrected chi connectivity index (χ2v) is 15.5. The van der Waals surface area contributed by atoms with Gasteiger partial charge >= 0.3 is 19.8 Å². The van der Waals surface area contributed by atoms with Crippen molar-refractivity contribution in [2.45, 2.75) is 173 Å². The molecule has 12 heteroatoms. The smallest absolute Gasteiger partial charge is 0.462 e. The first-order valence-electron chi connectivity index (χ1n) is 20.2. The van der Waals surface area contributed by atoms with Crippen molar-refractivity contribution in [1.29, 1.82) is 0 Å². The van der Waals surface area contributed by atoms with Crippen molar-refractivity contribution in [1.82, 2.24) is 0 Å². The average molecular weight is 771 g/mol. The maximum Gasteiger partial charge on any atom is 0.469 e. The monoisotopic (exact) mass is 770 g/mol. The second kappa shape index (κ2) is 31.1. The first-order valence-corrected chi connectivity index (χ1v) is 21.7. The first-order chi connectivity index (χ1) is 25.5. The lowest BCUT2D eigenvalue weighted by Gasteiger charge is -2.19. The molecule has 0 aromatic rings. The summed E-state index contributed by atoms with van der Waals surface area (Å²) in [5.41, 5.74) is 0. The zero-order valence-corrected chi connectivity index (χ0v) is 33.4. The maximum atomic E-state index is 12.4. The van der Waals surface area contributed by atoms with Crippen LogP contribution in [-0.4, -0.2) is 74.7 Å². The number of hydrogen-bond donors (Lipinski definition) is 5. The SMILES string of the molecule is CCCCC/C=C\C/C=C\CCCCCCCC(=O)O[C@H](COC(=O)CCC/C=C/C[C@@H]1[C@@H](/C=C/[C@@H](O)CCCCC)[C@H](O)C[C@@H]1O)COP(=O)(O)O. The Kier molecular flexibility index (Phi) is 28.7. The summed E-state index contributed by atoms with van der Waals surface area (Å²) in [5.74, 6) is -1.50. The summed E-state index contributed by atoms with van der Waals surface area (Å²) >= 11 is 0. The van der Waals surface area contributed by atoms with Gasteiger partial charge in [0.25, 0.3) is 0 Å². The van der Waals surface area contributed by atoms with Crippen LogP contribution in [0.2, 0.25) is 0 Å². The van der Waals surface area contributed by atoms with Crippen molar-refractivity contribution in [2.24, 2.45) is 11.8 Å². The van der Waals surface area contributed by atoms with E-state index in [-0.39, 0.29) is 37.7 Å². The number of allylic oxidation sites excluding steroid dienone is 6. The molecule has 11 nitrogen and oxygen atoms in total. The number of aliphatic hydroxyl groups is 3. The Labute approximate surface area is 319 Å². The van der Waals surface area contributed by atoms with Gasteiger partial charge in [-0.1, -0.05) is 114 Å². The minimum absolute atomic E-state index is 0.0857. The molecule has 0 aliphatic heterocycles. The van der Waals surface area contributed by atoms with Crippen LogP contribution < -0.4 is 0 Å². The van der Waals surface area contributed by atoms with Crippen molar-refractivity contribution < 1.29 is 53.3 Å². The van der Waals surface area contributed by atoms with Crippen LogP contribution in [0.3, 0.4) is 0 Å². The van der Waals surface area contributed by atoms with Gasteiger partial charge in [0, 0.05) is 25.2 Å². The van der Waals surface area contributed by atoms with Gasteiger partial charge in [0.15, 0.2) is 6.10 Å². The van der Waals surface area contributed by atoms with Crippen LogP contribution in [0, 0.1) is 11.8 Å². The van der Waals surface area contributed by atoms with Gasteiger partial charge < -0.3 is 34.6 Å². The molecule has 0 heterocycles. The molecule has 6 atom stereocenters. The third kappa shape index (κ3) is 27.2. The number of carbonyl (C=O) groups is 2. The number of rotatable bonds is 32. The molecule has 0 aromatic heterocycles. The molecule has 0 amide bonds. The summed E-state index contributed by atoms with van der Waals surface area (Å²) < 4.78 is 26.3. The topological polar surface area (TPSA) is 180 Å². The first kappa shape index (κ1) is 48.9. The van der Waals surface area contributed by atoms with Crippen LogP contribution in [0.15, 0.2) is 48.6 Å². The van der Waals surface area contributed by atoms with Crippen molar-refractivity contribution in [3.8, 4) is 0 Å². The average Bonchev–Trinajstić information content (AvgIpc) is 3.38. The highest BCUT2D eigenvalue weighted by molar-refractivity contribution is 7.46. The minimum atomic E-state index is -4.82. The molecule has 1 aliphatic carbocycles. The third-order valence-corrected chi connectivity index (χ3v) is 9.88. The quantitative estimate of drug-likeness (QED) is 0.0192. The fraction of sp³-hybridized carbons (Fsp3) is 0.756. The molecule has 1 rings (SSSR count). The highest BCUT2D eigenvalue weighted by atomic mass is 31.2. The van der Waals surface area contributed by atoms with Gasteiger partial charge in [-0.2, -0.15) is 0 Å². The Hall–Kier alpha value is -2.11. The number of aliphatic hydroxyl groups excluding tert-OH is 3. The number of ether oxygens (including phenoxy) is 2. The molecule has 0 aromatic carbocycles. The van der Waals surface area contributed by atoms with E-state index < -0.39 is 50.8 Å². The molecule has 53 heavy (non-hydrogen) atoms. The highest BCUT2D eigenvalue weighted by Gasteiger charge is 2.39. The second-order valence-electron chi connectivity index (χ2n) is 14.2. The normalized spacial score (nSPS) is 20.7. The number of hydrogen-bond acceptors (Lipinski definition) is 9. The molecule has 0 saturated heterocycles. The Morgan fingerprint density at radius 2 is 1.34 bits per heavy atom. The van der Waals surface area contributed by atoms with Gasteiger partial charge in [-0.3, -0.25) is 14.1 Å². The Balaban J connectivity index is 2.33. The number of carbonyl (C=O) groups excluding carboxylic acids is 2. The van der Waals surface area contributed by atoms with Gasteiger partial charge in [0.05, 0.1) is 24.9 Å². The highest BCUT2D eigenvalue weighted by Crippen LogP contribution is 2.37. The lowest BCUT2D eigenvalue weighted by atomic mass is 9.89. The van der Waals surface area contributed by atoms with Crippen molar-refractivity contribution in [2.75, 3.05) is 13.2 Å². The fourth-order valence-corrected chi connectivity index (χ4v) is 6.64. The maximum absolute atomic E-state index is 12.4. The van der Waals surface area contributed by atoms with Crippen LogP contribution in [0.5, 0.6) is 0 Å². The Bertz CT molecular complexity index is 1120. The molecule has 0 bridgehead atoms. The van der Waals surface area contributed by atoms with E-state index >= 15 is 0 Å². The predicted molar refractivity (Wildman–Crippen MR) is 209 cm³/mol. The van der Waals surface area contributed by atoms with Crippen LogP contribution in [-0.2, 0) is 28.2 Å². The number of esters is 2. The molecule has 0 radical (unpaired) electrons. The zero-order chi connectivity index (χ0) is 39.2. The van der Waals surface area contributed by atoms with E-state index in [0.29, 0.717) is 32.1 Å². The third-order valence-electron chi connectivity index (χ3n) is 9.39. The molecule has 1 aliphatic rings. The van der Waals surface area contributed by atoms with Crippen LogP contribution >= 0.6 is 7.82 Å². The molecule has 1 fully saturated rings. The van der Waals surface area contributed by atoms with Crippen LogP contribution in [0.1, 0.15) is 149 Å². The summed E-state index contributed by atoms with van der Waals surface area (Å²) in [6.07, 6.45) is 30.7. The summed E-state index contributed by atoms with van der Waals surface area (Å²) in [4.78, 5) is 43.0. The molecule has 306 valence electrons. The number of phosphoric ester groups is 1. The van der Waals surface area contributed by atoms with Crippen molar-refractivity contribution in [3.05, 3.63) is 48.6 Å². The van der Waals surface area contributed by atoms with Crippen LogP contribution in [0.4, 0.5) is 0 Å². The van der Waals surface area contributed by atoms with E-state index in [1.54, 1.807) is 6.08 Å². The largest absolute Gasteiger partial charge is 0.469 e.